The Morgan fingerprint density at radius 3 is 2.64 bits per heavy atom. The van der Waals surface area contributed by atoms with Gasteiger partial charge in [-0.1, -0.05) is 11.6 Å². The van der Waals surface area contributed by atoms with Crippen molar-refractivity contribution in [1.29, 1.82) is 0 Å². The van der Waals surface area contributed by atoms with E-state index < -0.39 is 17.9 Å². The van der Waals surface area contributed by atoms with Crippen LogP contribution in [0.25, 0.3) is 0 Å². The molecule has 0 atom stereocenters. The smallest absolute Gasteiger partial charge is 0.268 e. The van der Waals surface area contributed by atoms with Crippen molar-refractivity contribution >= 4 is 17.5 Å². The molecule has 0 radical (unpaired) electrons. The topological polar surface area (TPSA) is 56.0 Å². The van der Waals surface area contributed by atoms with Crippen LogP contribution >= 0.6 is 11.6 Å². The zero-order chi connectivity index (χ0) is 10.9. The van der Waals surface area contributed by atoms with Crippen LogP contribution in [0.15, 0.2) is 6.07 Å². The quantitative estimate of drug-likeness (QED) is 0.830. The molecule has 1 aromatic heterocycles. The molecule has 0 unspecified atom stereocenters. The molecule has 0 saturated heterocycles. The average molecular weight is 221 g/mol. The van der Waals surface area contributed by atoms with Crippen LogP contribution in [0.4, 0.5) is 8.78 Å². The second kappa shape index (κ2) is 3.88. The number of hydrogen-bond acceptors (Lipinski definition) is 2. The van der Waals surface area contributed by atoms with E-state index in [1.165, 1.54) is 6.92 Å². The monoisotopic (exact) mass is 220 g/mol. The summed E-state index contributed by atoms with van der Waals surface area (Å²) in [6.07, 6.45) is -2.75. The maximum Gasteiger partial charge on any atom is 0.268 e. The molecule has 0 aromatic carbocycles. The number of amides is 1. The second-order valence-electron chi connectivity index (χ2n) is 2.68. The number of aryl methyl sites for hydroxylation is 1. The van der Waals surface area contributed by atoms with Crippen molar-refractivity contribution in [1.82, 2.24) is 4.98 Å². The number of nitrogens with two attached hydrogens (primary N) is 1. The van der Waals surface area contributed by atoms with Crippen LogP contribution in [0.2, 0.25) is 5.02 Å². The zero-order valence-electron chi connectivity index (χ0n) is 7.22. The van der Waals surface area contributed by atoms with Crippen LogP contribution < -0.4 is 5.73 Å². The van der Waals surface area contributed by atoms with E-state index in [-0.39, 0.29) is 16.4 Å². The van der Waals surface area contributed by atoms with Gasteiger partial charge in [0.05, 0.1) is 5.02 Å². The largest absolute Gasteiger partial charge is 0.364 e. The first-order valence-corrected chi connectivity index (χ1v) is 4.06. The Balaban J connectivity index is 3.40. The van der Waals surface area contributed by atoms with E-state index in [4.69, 9.17) is 17.3 Å². The number of carbonyl (C=O) groups is 1. The molecule has 0 spiro atoms. The minimum absolute atomic E-state index is 0.276. The lowest BCUT2D eigenvalue weighted by Gasteiger charge is -2.07. The van der Waals surface area contributed by atoms with Crippen molar-refractivity contribution in [3.63, 3.8) is 0 Å². The third-order valence-corrected chi connectivity index (χ3v) is 1.98. The number of rotatable bonds is 2. The molecule has 0 aliphatic carbocycles. The molecule has 1 amide bonds. The summed E-state index contributed by atoms with van der Waals surface area (Å²) in [5.41, 5.74) is 4.46. The summed E-state index contributed by atoms with van der Waals surface area (Å²) in [6, 6.07) is 1.12. The minimum atomic E-state index is -2.75. The number of nitrogens with zero attached hydrogens (tertiary/aromatic N) is 1. The number of halogens is 3. The average Bonchev–Trinajstić information content (AvgIpc) is 2.07. The molecular formula is C8H7ClF2N2O. The summed E-state index contributed by atoms with van der Waals surface area (Å²) >= 11 is 5.53. The van der Waals surface area contributed by atoms with Crippen LogP contribution in [0.5, 0.6) is 0 Å². The molecule has 1 rings (SSSR count). The molecule has 6 heteroatoms. The molecule has 3 nitrogen and oxygen atoms in total. The van der Waals surface area contributed by atoms with Gasteiger partial charge in [-0.15, -0.1) is 0 Å². The third-order valence-electron chi connectivity index (χ3n) is 1.58. The molecule has 0 bridgehead atoms. The number of hydrogen-bond donors (Lipinski definition) is 1. The van der Waals surface area contributed by atoms with Gasteiger partial charge in [-0.3, -0.25) is 4.79 Å². The van der Waals surface area contributed by atoms with Crippen molar-refractivity contribution in [3.05, 3.63) is 28.0 Å². The number of primary amides is 1. The maximum atomic E-state index is 12.4. The van der Waals surface area contributed by atoms with E-state index in [2.05, 4.69) is 4.98 Å². The Kier molecular flexibility index (Phi) is 3.00. The van der Waals surface area contributed by atoms with Gasteiger partial charge in [0.15, 0.2) is 0 Å². The Hall–Kier alpha value is -1.23. The van der Waals surface area contributed by atoms with Crippen molar-refractivity contribution in [2.45, 2.75) is 13.3 Å². The van der Waals surface area contributed by atoms with Gasteiger partial charge in [0.25, 0.3) is 12.3 Å². The molecule has 1 heterocycles. The summed E-state index contributed by atoms with van der Waals surface area (Å²) in [4.78, 5) is 14.5. The summed E-state index contributed by atoms with van der Waals surface area (Å²) in [7, 11) is 0. The zero-order valence-corrected chi connectivity index (χ0v) is 7.98. The van der Waals surface area contributed by atoms with E-state index >= 15 is 0 Å². The highest BCUT2D eigenvalue weighted by atomic mass is 35.5. The molecular weight excluding hydrogens is 214 g/mol. The highest BCUT2D eigenvalue weighted by Gasteiger charge is 2.19. The Labute approximate surface area is 83.9 Å². The second-order valence-corrected chi connectivity index (χ2v) is 3.06. The maximum absolute atomic E-state index is 12.4. The van der Waals surface area contributed by atoms with Crippen LogP contribution in [0.3, 0.4) is 0 Å². The molecule has 0 saturated carbocycles. The fourth-order valence-corrected chi connectivity index (χ4v) is 1.28. The van der Waals surface area contributed by atoms with E-state index in [1.54, 1.807) is 0 Å². The van der Waals surface area contributed by atoms with Gasteiger partial charge in [0, 0.05) is 11.3 Å². The van der Waals surface area contributed by atoms with Crippen molar-refractivity contribution < 1.29 is 13.6 Å². The van der Waals surface area contributed by atoms with E-state index in [0.717, 1.165) is 6.07 Å². The summed E-state index contributed by atoms with van der Waals surface area (Å²) in [6.45, 7) is 1.48. The third kappa shape index (κ3) is 1.98. The standard InChI is InChI=1S/C8H7ClF2N2O/c1-3-2-4(7(10)11)5(9)6(13-3)8(12)14/h2,7H,1H3,(H2,12,14). The highest BCUT2D eigenvalue weighted by Crippen LogP contribution is 2.29. The fraction of sp³-hybridized carbons (Fsp3) is 0.250. The SMILES string of the molecule is Cc1cc(C(F)F)c(Cl)c(C(N)=O)n1. The number of carbonyl (C=O) groups excluding carboxylic acids is 1. The molecule has 1 aromatic rings. The number of aromatic nitrogens is 1. The Morgan fingerprint density at radius 2 is 2.21 bits per heavy atom. The summed E-state index contributed by atoms with van der Waals surface area (Å²) < 4.78 is 24.8. The van der Waals surface area contributed by atoms with Gasteiger partial charge < -0.3 is 5.73 Å². The minimum Gasteiger partial charge on any atom is -0.364 e. The molecule has 14 heavy (non-hydrogen) atoms. The lowest BCUT2D eigenvalue weighted by Crippen LogP contribution is -2.15. The van der Waals surface area contributed by atoms with Crippen molar-refractivity contribution in [3.8, 4) is 0 Å². The molecule has 0 aliphatic heterocycles. The first kappa shape index (κ1) is 10.8. The predicted octanol–water partition coefficient (Wildman–Crippen LogP) is 2.08. The Morgan fingerprint density at radius 1 is 1.64 bits per heavy atom. The van der Waals surface area contributed by atoms with E-state index in [9.17, 15) is 13.6 Å². The number of pyridine rings is 1. The summed E-state index contributed by atoms with van der Waals surface area (Å²) in [5.74, 6) is -0.916. The first-order valence-electron chi connectivity index (χ1n) is 3.68. The van der Waals surface area contributed by atoms with E-state index in [0.29, 0.717) is 0 Å². The van der Waals surface area contributed by atoms with Gasteiger partial charge >= 0.3 is 0 Å². The Bertz CT molecular complexity index is 382. The van der Waals surface area contributed by atoms with E-state index in [1.807, 2.05) is 0 Å². The van der Waals surface area contributed by atoms with Crippen LogP contribution in [0, 0.1) is 6.92 Å². The van der Waals surface area contributed by atoms with Crippen LogP contribution in [-0.2, 0) is 0 Å². The van der Waals surface area contributed by atoms with Crippen molar-refractivity contribution in [2.75, 3.05) is 0 Å². The molecule has 76 valence electrons. The molecule has 0 fully saturated rings. The fourth-order valence-electron chi connectivity index (χ4n) is 1.00. The predicted molar refractivity (Wildman–Crippen MR) is 47.5 cm³/mol. The normalized spacial score (nSPS) is 10.6. The first-order chi connectivity index (χ1) is 6.43. The van der Waals surface area contributed by atoms with Gasteiger partial charge in [0.2, 0.25) is 0 Å². The van der Waals surface area contributed by atoms with Gasteiger partial charge in [0.1, 0.15) is 5.69 Å². The molecule has 2 N–H and O–H groups in total. The molecule has 0 aliphatic rings. The van der Waals surface area contributed by atoms with Crippen LogP contribution in [-0.4, -0.2) is 10.9 Å². The number of alkyl halides is 2. The van der Waals surface area contributed by atoms with Gasteiger partial charge in [-0.2, -0.15) is 0 Å². The highest BCUT2D eigenvalue weighted by molar-refractivity contribution is 6.34. The van der Waals surface area contributed by atoms with Crippen LogP contribution in [0.1, 0.15) is 28.2 Å². The lowest BCUT2D eigenvalue weighted by molar-refractivity contribution is 0.0995. The van der Waals surface area contributed by atoms with Crippen molar-refractivity contribution in [2.24, 2.45) is 5.73 Å². The lowest BCUT2D eigenvalue weighted by atomic mass is 10.2. The van der Waals surface area contributed by atoms with Gasteiger partial charge in [-0.25, -0.2) is 13.8 Å². The summed E-state index contributed by atoms with van der Waals surface area (Å²) in [5, 5.41) is -0.377. The van der Waals surface area contributed by atoms with Gasteiger partial charge in [-0.05, 0) is 13.0 Å².